The highest BCUT2D eigenvalue weighted by Crippen LogP contribution is 2.20. The van der Waals surface area contributed by atoms with Gasteiger partial charge in [0.25, 0.3) is 5.91 Å². The predicted octanol–water partition coefficient (Wildman–Crippen LogP) is 3.09. The van der Waals surface area contributed by atoms with Crippen LogP contribution >= 0.6 is 0 Å². The van der Waals surface area contributed by atoms with Gasteiger partial charge >= 0.3 is 0 Å². The molecular formula is C16H19N3O. The van der Waals surface area contributed by atoms with E-state index < -0.39 is 0 Å². The number of nitrogens with zero attached hydrogens (tertiary/aromatic N) is 2. The second kappa shape index (κ2) is 5.90. The second-order valence-corrected chi connectivity index (χ2v) is 5.27. The van der Waals surface area contributed by atoms with Crippen LogP contribution in [0.25, 0.3) is 11.1 Å². The maximum absolute atomic E-state index is 12.6. The van der Waals surface area contributed by atoms with Crippen LogP contribution in [0.3, 0.4) is 0 Å². The van der Waals surface area contributed by atoms with Crippen molar-refractivity contribution in [2.75, 3.05) is 13.1 Å². The fraction of sp³-hybridized carbons (Fsp3) is 0.375. The van der Waals surface area contributed by atoms with Gasteiger partial charge in [0, 0.05) is 30.4 Å². The van der Waals surface area contributed by atoms with Crippen LogP contribution in [-0.2, 0) is 0 Å². The zero-order valence-electron chi connectivity index (χ0n) is 11.5. The topological polar surface area (TPSA) is 49.0 Å². The van der Waals surface area contributed by atoms with Crippen LogP contribution in [0.15, 0.2) is 36.7 Å². The number of nitrogens with one attached hydrogen (secondary N) is 1. The van der Waals surface area contributed by atoms with E-state index in [2.05, 4.69) is 10.2 Å². The molecule has 1 N–H and O–H groups in total. The Labute approximate surface area is 118 Å². The highest BCUT2D eigenvalue weighted by Gasteiger charge is 2.17. The van der Waals surface area contributed by atoms with Crippen molar-refractivity contribution in [3.8, 4) is 11.1 Å². The van der Waals surface area contributed by atoms with E-state index in [4.69, 9.17) is 0 Å². The molecule has 0 atom stereocenters. The molecular weight excluding hydrogens is 250 g/mol. The summed E-state index contributed by atoms with van der Waals surface area (Å²) < 4.78 is 0. The van der Waals surface area contributed by atoms with E-state index in [0.717, 1.165) is 42.6 Å². The van der Waals surface area contributed by atoms with Crippen LogP contribution < -0.4 is 0 Å². The molecule has 1 aromatic carbocycles. The van der Waals surface area contributed by atoms with Crippen LogP contribution in [0.5, 0.6) is 0 Å². The Morgan fingerprint density at radius 3 is 2.60 bits per heavy atom. The Balaban J connectivity index is 1.82. The number of amides is 1. The van der Waals surface area contributed by atoms with E-state index in [9.17, 15) is 4.79 Å². The van der Waals surface area contributed by atoms with E-state index in [-0.39, 0.29) is 5.91 Å². The van der Waals surface area contributed by atoms with Gasteiger partial charge in [0.15, 0.2) is 0 Å². The van der Waals surface area contributed by atoms with Gasteiger partial charge in [0.2, 0.25) is 0 Å². The van der Waals surface area contributed by atoms with E-state index in [1.54, 1.807) is 6.20 Å². The molecule has 0 spiro atoms. The number of hydrogen-bond acceptors (Lipinski definition) is 2. The maximum Gasteiger partial charge on any atom is 0.253 e. The Bertz CT molecular complexity index is 569. The number of likely N-dealkylation sites (tertiary alicyclic amines) is 1. The Kier molecular flexibility index (Phi) is 3.81. The molecule has 0 saturated carbocycles. The van der Waals surface area contributed by atoms with Crippen LogP contribution in [0, 0.1) is 0 Å². The van der Waals surface area contributed by atoms with Crippen molar-refractivity contribution in [1.82, 2.24) is 15.1 Å². The number of benzene rings is 1. The summed E-state index contributed by atoms with van der Waals surface area (Å²) in [4.78, 5) is 14.6. The third kappa shape index (κ3) is 2.74. The molecule has 1 fully saturated rings. The van der Waals surface area contributed by atoms with Crippen LogP contribution in [0.2, 0.25) is 0 Å². The zero-order valence-corrected chi connectivity index (χ0v) is 11.5. The third-order valence-electron chi connectivity index (χ3n) is 3.83. The molecule has 20 heavy (non-hydrogen) atoms. The van der Waals surface area contributed by atoms with Gasteiger partial charge in [-0.15, -0.1) is 0 Å². The van der Waals surface area contributed by atoms with E-state index in [1.807, 2.05) is 35.4 Å². The van der Waals surface area contributed by atoms with Gasteiger partial charge < -0.3 is 4.90 Å². The predicted molar refractivity (Wildman–Crippen MR) is 78.4 cm³/mol. The van der Waals surface area contributed by atoms with Gasteiger partial charge in [0.1, 0.15) is 0 Å². The van der Waals surface area contributed by atoms with Gasteiger partial charge in [-0.25, -0.2) is 0 Å². The number of carbonyl (C=O) groups is 1. The minimum absolute atomic E-state index is 0.150. The summed E-state index contributed by atoms with van der Waals surface area (Å²) in [7, 11) is 0. The molecule has 0 unspecified atom stereocenters. The van der Waals surface area contributed by atoms with Gasteiger partial charge in [-0.3, -0.25) is 9.89 Å². The molecule has 1 amide bonds. The normalized spacial score (nSPS) is 15.9. The molecule has 1 aliphatic heterocycles. The lowest BCUT2D eigenvalue weighted by Gasteiger charge is -2.20. The van der Waals surface area contributed by atoms with Crippen molar-refractivity contribution >= 4 is 5.91 Å². The summed E-state index contributed by atoms with van der Waals surface area (Å²) in [5, 5.41) is 6.76. The monoisotopic (exact) mass is 269 g/mol. The number of aromatic nitrogens is 2. The Hall–Kier alpha value is -2.10. The maximum atomic E-state index is 12.6. The molecule has 1 saturated heterocycles. The Morgan fingerprint density at radius 1 is 1.10 bits per heavy atom. The number of H-pyrrole nitrogens is 1. The summed E-state index contributed by atoms with van der Waals surface area (Å²) in [6.45, 7) is 1.77. The van der Waals surface area contributed by atoms with Gasteiger partial charge in [0.05, 0.1) is 6.20 Å². The van der Waals surface area contributed by atoms with Gasteiger partial charge in [-0.2, -0.15) is 5.10 Å². The summed E-state index contributed by atoms with van der Waals surface area (Å²) >= 11 is 0. The average molecular weight is 269 g/mol. The highest BCUT2D eigenvalue weighted by molar-refractivity contribution is 5.95. The van der Waals surface area contributed by atoms with Crippen molar-refractivity contribution in [2.24, 2.45) is 0 Å². The van der Waals surface area contributed by atoms with E-state index in [0.29, 0.717) is 0 Å². The minimum atomic E-state index is 0.150. The first-order valence-electron chi connectivity index (χ1n) is 7.23. The van der Waals surface area contributed by atoms with Crippen molar-refractivity contribution in [1.29, 1.82) is 0 Å². The summed E-state index contributed by atoms with van der Waals surface area (Å²) in [6, 6.07) is 7.80. The molecule has 2 heterocycles. The fourth-order valence-electron chi connectivity index (χ4n) is 2.70. The van der Waals surface area contributed by atoms with Gasteiger partial charge in [-0.05, 0) is 30.5 Å². The second-order valence-electron chi connectivity index (χ2n) is 5.27. The third-order valence-corrected chi connectivity index (χ3v) is 3.83. The standard InChI is InChI=1S/C16H19N3O/c20-16(19-8-3-1-2-4-9-19)14-7-5-6-13(10-14)15-11-17-18-12-15/h5-7,10-12H,1-4,8-9H2,(H,17,18). The molecule has 1 aromatic heterocycles. The number of rotatable bonds is 2. The lowest BCUT2D eigenvalue weighted by Crippen LogP contribution is -2.31. The summed E-state index contributed by atoms with van der Waals surface area (Å²) in [5.41, 5.74) is 2.81. The van der Waals surface area contributed by atoms with Crippen molar-refractivity contribution < 1.29 is 4.79 Å². The fourth-order valence-corrected chi connectivity index (χ4v) is 2.70. The van der Waals surface area contributed by atoms with Crippen molar-refractivity contribution in [3.05, 3.63) is 42.2 Å². The summed E-state index contributed by atoms with van der Waals surface area (Å²) in [5.74, 6) is 0.150. The molecule has 0 radical (unpaired) electrons. The molecule has 0 aliphatic carbocycles. The average Bonchev–Trinajstić information content (AvgIpc) is 2.89. The zero-order chi connectivity index (χ0) is 13.8. The molecule has 3 rings (SSSR count). The first kappa shape index (κ1) is 12.9. The lowest BCUT2D eigenvalue weighted by molar-refractivity contribution is 0.0761. The first-order chi connectivity index (χ1) is 9.84. The molecule has 2 aromatic rings. The number of hydrogen-bond donors (Lipinski definition) is 1. The van der Waals surface area contributed by atoms with Crippen molar-refractivity contribution in [2.45, 2.75) is 25.7 Å². The van der Waals surface area contributed by atoms with E-state index >= 15 is 0 Å². The molecule has 1 aliphatic rings. The van der Waals surface area contributed by atoms with Crippen LogP contribution in [0.1, 0.15) is 36.0 Å². The molecule has 104 valence electrons. The largest absolute Gasteiger partial charge is 0.339 e. The SMILES string of the molecule is O=C(c1cccc(-c2cn[nH]c2)c1)N1CCCCCC1. The highest BCUT2D eigenvalue weighted by atomic mass is 16.2. The van der Waals surface area contributed by atoms with E-state index in [1.165, 1.54) is 12.8 Å². The quantitative estimate of drug-likeness (QED) is 0.910. The van der Waals surface area contributed by atoms with Gasteiger partial charge in [-0.1, -0.05) is 25.0 Å². The Morgan fingerprint density at radius 2 is 1.90 bits per heavy atom. The van der Waals surface area contributed by atoms with Crippen molar-refractivity contribution in [3.63, 3.8) is 0 Å². The minimum Gasteiger partial charge on any atom is -0.339 e. The summed E-state index contributed by atoms with van der Waals surface area (Å²) in [6.07, 6.45) is 8.32. The molecule has 4 heteroatoms. The smallest absolute Gasteiger partial charge is 0.253 e. The first-order valence-corrected chi connectivity index (χ1v) is 7.23. The lowest BCUT2D eigenvalue weighted by atomic mass is 10.1. The number of carbonyl (C=O) groups excluding carboxylic acids is 1. The number of aromatic amines is 1. The van der Waals surface area contributed by atoms with Crippen LogP contribution in [0.4, 0.5) is 0 Å². The van der Waals surface area contributed by atoms with Crippen LogP contribution in [-0.4, -0.2) is 34.1 Å². The molecule has 0 bridgehead atoms. The molecule has 4 nitrogen and oxygen atoms in total.